The van der Waals surface area contributed by atoms with Crippen molar-refractivity contribution in [2.24, 2.45) is 0 Å². The van der Waals surface area contributed by atoms with Crippen LogP contribution in [-0.4, -0.2) is 57.4 Å². The van der Waals surface area contributed by atoms with Crippen molar-refractivity contribution in [2.45, 2.75) is 56.6 Å². The van der Waals surface area contributed by atoms with E-state index >= 15 is 0 Å². The Morgan fingerprint density at radius 2 is 1.88 bits per heavy atom. The summed E-state index contributed by atoms with van der Waals surface area (Å²) in [4.78, 5) is 0. The molecule has 0 aromatic rings. The van der Waals surface area contributed by atoms with Crippen LogP contribution in [0.25, 0.3) is 0 Å². The Kier molecular flexibility index (Phi) is 7.46. The second kappa shape index (κ2) is 7.42. The first kappa shape index (κ1) is 16.1. The summed E-state index contributed by atoms with van der Waals surface area (Å²) in [5.74, 6) is 0. The van der Waals surface area contributed by atoms with Crippen molar-refractivity contribution in [1.82, 2.24) is 5.32 Å². The van der Waals surface area contributed by atoms with Crippen LogP contribution in [0.1, 0.15) is 26.2 Å². The fourth-order valence-electron chi connectivity index (χ4n) is 1.99. The number of halogens is 1. The number of nitrogens with one attached hydrogen (secondary N) is 1. The molecule has 1 saturated heterocycles. The molecule has 1 heterocycles. The summed E-state index contributed by atoms with van der Waals surface area (Å²) >= 11 is 0. The number of aliphatic hydroxyl groups is 4. The minimum absolute atomic E-state index is 0. The lowest BCUT2D eigenvalue weighted by molar-refractivity contribution is -0.00435. The van der Waals surface area contributed by atoms with Gasteiger partial charge < -0.3 is 25.7 Å². The minimum Gasteiger partial charge on any atom is -0.395 e. The van der Waals surface area contributed by atoms with E-state index in [1.807, 2.05) is 6.92 Å². The third kappa shape index (κ3) is 3.55. The molecular formula is C10H22ClNO4. The fourth-order valence-corrected chi connectivity index (χ4v) is 1.99. The zero-order valence-electron chi connectivity index (χ0n) is 9.41. The van der Waals surface area contributed by atoms with Crippen LogP contribution in [0.4, 0.5) is 0 Å². The van der Waals surface area contributed by atoms with Crippen molar-refractivity contribution >= 4 is 12.4 Å². The molecule has 1 rings (SSSR count). The highest BCUT2D eigenvalue weighted by Crippen LogP contribution is 2.19. The van der Waals surface area contributed by atoms with E-state index in [4.69, 9.17) is 5.11 Å². The van der Waals surface area contributed by atoms with E-state index in [1.54, 1.807) is 0 Å². The number of unbranched alkanes of at least 4 members (excludes halogenated alkanes) is 1. The maximum Gasteiger partial charge on any atom is 0.0993 e. The number of hydrogen-bond acceptors (Lipinski definition) is 5. The molecule has 5 atom stereocenters. The van der Waals surface area contributed by atoms with Crippen LogP contribution in [0.5, 0.6) is 0 Å². The molecule has 0 spiro atoms. The predicted octanol–water partition coefficient (Wildman–Crippen LogP) is -0.986. The highest BCUT2D eigenvalue weighted by atomic mass is 35.5. The van der Waals surface area contributed by atoms with Gasteiger partial charge in [-0.25, -0.2) is 0 Å². The maximum absolute atomic E-state index is 9.77. The van der Waals surface area contributed by atoms with Gasteiger partial charge in [-0.3, -0.25) is 0 Å². The third-order valence-corrected chi connectivity index (χ3v) is 3.00. The molecule has 1 fully saturated rings. The first-order valence-corrected chi connectivity index (χ1v) is 5.53. The molecule has 0 bridgehead atoms. The van der Waals surface area contributed by atoms with E-state index in [0.717, 1.165) is 12.8 Å². The topological polar surface area (TPSA) is 93.0 Å². The van der Waals surface area contributed by atoms with Gasteiger partial charge in [-0.15, -0.1) is 12.4 Å². The lowest BCUT2D eigenvalue weighted by atomic mass is 10.00. The second-order valence-corrected chi connectivity index (χ2v) is 4.17. The highest BCUT2D eigenvalue weighted by molar-refractivity contribution is 5.85. The van der Waals surface area contributed by atoms with Crippen LogP contribution < -0.4 is 5.32 Å². The molecule has 0 aromatic heterocycles. The number of rotatable bonds is 5. The molecule has 1 aliphatic heterocycles. The van der Waals surface area contributed by atoms with Gasteiger partial charge >= 0.3 is 0 Å². The minimum atomic E-state index is -1.01. The summed E-state index contributed by atoms with van der Waals surface area (Å²) in [5.41, 5.74) is 0. The third-order valence-electron chi connectivity index (χ3n) is 3.00. The smallest absolute Gasteiger partial charge is 0.0993 e. The zero-order chi connectivity index (χ0) is 11.4. The summed E-state index contributed by atoms with van der Waals surface area (Å²) in [6.45, 7) is 1.78. The van der Waals surface area contributed by atoms with Crippen molar-refractivity contribution in [2.75, 3.05) is 6.61 Å². The lowest BCUT2D eigenvalue weighted by Gasteiger charge is -2.21. The van der Waals surface area contributed by atoms with Crippen LogP contribution >= 0.6 is 12.4 Å². The molecule has 0 aliphatic carbocycles. The molecule has 0 amide bonds. The van der Waals surface area contributed by atoms with E-state index in [9.17, 15) is 15.3 Å². The van der Waals surface area contributed by atoms with Crippen LogP contribution in [0, 0.1) is 0 Å². The zero-order valence-corrected chi connectivity index (χ0v) is 10.2. The van der Waals surface area contributed by atoms with E-state index in [-0.39, 0.29) is 19.0 Å². The highest BCUT2D eigenvalue weighted by Gasteiger charge is 2.43. The molecular weight excluding hydrogens is 234 g/mol. The Balaban J connectivity index is 0.00000225. The molecule has 5 nitrogen and oxygen atoms in total. The Labute approximate surface area is 102 Å². The second-order valence-electron chi connectivity index (χ2n) is 4.17. The molecule has 5 N–H and O–H groups in total. The van der Waals surface area contributed by atoms with Gasteiger partial charge in [0.25, 0.3) is 0 Å². The molecule has 1 aliphatic rings. The molecule has 98 valence electrons. The van der Waals surface area contributed by atoms with E-state index in [2.05, 4.69) is 5.32 Å². The van der Waals surface area contributed by atoms with Gasteiger partial charge in [0.1, 0.15) is 0 Å². The van der Waals surface area contributed by atoms with E-state index < -0.39 is 30.4 Å². The van der Waals surface area contributed by atoms with Gasteiger partial charge in [-0.2, -0.15) is 0 Å². The molecule has 0 radical (unpaired) electrons. The van der Waals surface area contributed by atoms with Gasteiger partial charge in [0.05, 0.1) is 37.0 Å². The lowest BCUT2D eigenvalue weighted by Crippen LogP contribution is -2.44. The SMILES string of the molecule is CCCC[C@@H](O)[C@@H]1N[C@@H](CO)[C@H](O)[C@H]1O.Cl. The predicted molar refractivity (Wildman–Crippen MR) is 62.6 cm³/mol. The summed E-state index contributed by atoms with van der Waals surface area (Å²) in [5, 5.41) is 40.7. The molecule has 0 unspecified atom stereocenters. The summed E-state index contributed by atoms with van der Waals surface area (Å²) in [6.07, 6.45) is -0.232. The average molecular weight is 256 g/mol. The Bertz CT molecular complexity index is 196. The van der Waals surface area contributed by atoms with Crippen molar-refractivity contribution in [3.8, 4) is 0 Å². The van der Waals surface area contributed by atoms with Crippen molar-refractivity contribution in [3.05, 3.63) is 0 Å². The fraction of sp³-hybridized carbons (Fsp3) is 1.00. The number of hydrogen-bond donors (Lipinski definition) is 5. The van der Waals surface area contributed by atoms with Crippen LogP contribution in [0.15, 0.2) is 0 Å². The Morgan fingerprint density at radius 1 is 1.25 bits per heavy atom. The van der Waals surface area contributed by atoms with E-state index in [0.29, 0.717) is 6.42 Å². The first-order chi connectivity index (χ1) is 7.11. The monoisotopic (exact) mass is 255 g/mol. The van der Waals surface area contributed by atoms with Gasteiger partial charge in [-0.05, 0) is 6.42 Å². The largest absolute Gasteiger partial charge is 0.395 e. The standard InChI is InChI=1S/C10H21NO4.ClH/c1-2-3-4-7(13)8-10(15)9(14)6(5-12)11-8;/h6-15H,2-5H2,1H3;1H/t6-,7+,8-,9-,10-;/m0./s1. The molecule has 6 heteroatoms. The van der Waals surface area contributed by atoms with Crippen molar-refractivity contribution < 1.29 is 20.4 Å². The quantitative estimate of drug-likeness (QED) is 0.435. The average Bonchev–Trinajstić information content (AvgIpc) is 2.52. The van der Waals surface area contributed by atoms with Gasteiger partial charge in [0.15, 0.2) is 0 Å². The van der Waals surface area contributed by atoms with Gasteiger partial charge in [0, 0.05) is 0 Å². The summed E-state index contributed by atoms with van der Waals surface area (Å²) in [7, 11) is 0. The van der Waals surface area contributed by atoms with E-state index in [1.165, 1.54) is 0 Å². The molecule has 0 aromatic carbocycles. The van der Waals surface area contributed by atoms with Gasteiger partial charge in [0.2, 0.25) is 0 Å². The van der Waals surface area contributed by atoms with Crippen LogP contribution in [0.2, 0.25) is 0 Å². The summed E-state index contributed by atoms with van der Waals surface area (Å²) < 4.78 is 0. The van der Waals surface area contributed by atoms with Crippen molar-refractivity contribution in [1.29, 1.82) is 0 Å². The van der Waals surface area contributed by atoms with Crippen molar-refractivity contribution in [3.63, 3.8) is 0 Å². The summed E-state index contributed by atoms with van der Waals surface area (Å²) in [6, 6.07) is -1.08. The van der Waals surface area contributed by atoms with Crippen LogP contribution in [-0.2, 0) is 0 Å². The maximum atomic E-state index is 9.77. The number of aliphatic hydroxyl groups excluding tert-OH is 4. The van der Waals surface area contributed by atoms with Gasteiger partial charge in [-0.1, -0.05) is 19.8 Å². The Hall–Kier alpha value is 0.0900. The van der Waals surface area contributed by atoms with Crippen LogP contribution in [0.3, 0.4) is 0 Å². The molecule has 16 heavy (non-hydrogen) atoms. The Morgan fingerprint density at radius 3 is 2.31 bits per heavy atom. The molecule has 0 saturated carbocycles. The normalized spacial score (nSPS) is 35.8. The first-order valence-electron chi connectivity index (χ1n) is 5.53.